The van der Waals surface area contributed by atoms with E-state index in [9.17, 15) is 4.39 Å². The predicted octanol–water partition coefficient (Wildman–Crippen LogP) is 2.57. The van der Waals surface area contributed by atoms with Gasteiger partial charge in [-0.1, -0.05) is 33.2 Å². The number of rotatable bonds is 3. The Morgan fingerprint density at radius 2 is 2.08 bits per heavy atom. The highest BCUT2D eigenvalue weighted by molar-refractivity contribution is 9.09. The van der Waals surface area contributed by atoms with Crippen LogP contribution in [0.4, 0.5) is 4.39 Å². The first-order chi connectivity index (χ1) is 6.27. The summed E-state index contributed by atoms with van der Waals surface area (Å²) >= 11 is 3.27. The molecule has 0 spiro atoms. The third-order valence-electron chi connectivity index (χ3n) is 1.51. The van der Waals surface area contributed by atoms with Gasteiger partial charge in [0.05, 0.1) is 5.71 Å². The molecular weight excluding hydrogens is 237 g/mol. The van der Waals surface area contributed by atoms with E-state index in [-0.39, 0.29) is 5.82 Å². The van der Waals surface area contributed by atoms with Crippen LogP contribution in [0.5, 0.6) is 0 Å². The molecule has 13 heavy (non-hydrogen) atoms. The fourth-order valence-electron chi connectivity index (χ4n) is 0.907. The maximum absolute atomic E-state index is 12.6. The van der Waals surface area contributed by atoms with Crippen molar-refractivity contribution in [1.29, 1.82) is 0 Å². The standard InChI is InChI=1S/C9H9BrFNO/c1-13-12-9(6-10)7-2-4-8(11)5-3-7/h2-5H,6H2,1H3/b12-9+. The fourth-order valence-corrected chi connectivity index (χ4v) is 1.33. The minimum Gasteiger partial charge on any atom is -0.399 e. The molecular formula is C9H9BrFNO. The normalized spacial score (nSPS) is 11.5. The summed E-state index contributed by atoms with van der Waals surface area (Å²) < 4.78 is 12.6. The SMILES string of the molecule is CO/N=C(\CBr)c1ccc(F)cc1. The molecule has 0 heterocycles. The number of benzene rings is 1. The van der Waals surface area contributed by atoms with Gasteiger partial charge in [0.25, 0.3) is 0 Å². The molecule has 0 saturated heterocycles. The molecule has 1 rings (SSSR count). The van der Waals surface area contributed by atoms with Gasteiger partial charge >= 0.3 is 0 Å². The molecule has 0 aliphatic rings. The minimum atomic E-state index is -0.255. The molecule has 0 N–H and O–H groups in total. The molecule has 0 saturated carbocycles. The Labute approximate surface area is 84.5 Å². The van der Waals surface area contributed by atoms with Crippen LogP contribution >= 0.6 is 15.9 Å². The Bertz CT molecular complexity index is 297. The summed E-state index contributed by atoms with van der Waals surface area (Å²) in [5.74, 6) is -0.255. The highest BCUT2D eigenvalue weighted by Crippen LogP contribution is 2.06. The average molecular weight is 246 g/mol. The van der Waals surface area contributed by atoms with Crippen molar-refractivity contribution in [2.45, 2.75) is 0 Å². The molecule has 0 bridgehead atoms. The van der Waals surface area contributed by atoms with Gasteiger partial charge in [0, 0.05) is 10.9 Å². The molecule has 1 aromatic rings. The Morgan fingerprint density at radius 1 is 1.46 bits per heavy atom. The largest absolute Gasteiger partial charge is 0.399 e. The predicted molar refractivity (Wildman–Crippen MR) is 53.7 cm³/mol. The summed E-state index contributed by atoms with van der Waals surface area (Å²) in [7, 11) is 1.48. The van der Waals surface area contributed by atoms with E-state index in [0.717, 1.165) is 11.3 Å². The van der Waals surface area contributed by atoms with Crippen molar-refractivity contribution in [3.63, 3.8) is 0 Å². The number of hydrogen-bond acceptors (Lipinski definition) is 2. The lowest BCUT2D eigenvalue weighted by molar-refractivity contribution is 0.213. The van der Waals surface area contributed by atoms with Crippen molar-refractivity contribution in [3.05, 3.63) is 35.6 Å². The van der Waals surface area contributed by atoms with E-state index < -0.39 is 0 Å². The second-order valence-electron chi connectivity index (χ2n) is 2.36. The second-order valence-corrected chi connectivity index (χ2v) is 2.92. The summed E-state index contributed by atoms with van der Waals surface area (Å²) in [4.78, 5) is 4.64. The van der Waals surface area contributed by atoms with Gasteiger partial charge in [0.2, 0.25) is 0 Å². The van der Waals surface area contributed by atoms with Gasteiger partial charge < -0.3 is 4.84 Å². The third kappa shape index (κ3) is 2.81. The molecule has 0 aliphatic heterocycles. The molecule has 2 nitrogen and oxygen atoms in total. The topological polar surface area (TPSA) is 21.6 Å². The Morgan fingerprint density at radius 3 is 2.54 bits per heavy atom. The van der Waals surface area contributed by atoms with Crippen molar-refractivity contribution in [3.8, 4) is 0 Å². The van der Waals surface area contributed by atoms with Crippen LogP contribution in [0.25, 0.3) is 0 Å². The number of halogens is 2. The monoisotopic (exact) mass is 245 g/mol. The summed E-state index contributed by atoms with van der Waals surface area (Å²) in [6.45, 7) is 0. The molecule has 0 unspecified atom stereocenters. The van der Waals surface area contributed by atoms with E-state index in [4.69, 9.17) is 0 Å². The van der Waals surface area contributed by atoms with Crippen LogP contribution < -0.4 is 0 Å². The van der Waals surface area contributed by atoms with Gasteiger partial charge in [-0.3, -0.25) is 0 Å². The molecule has 0 amide bonds. The molecule has 0 atom stereocenters. The maximum Gasteiger partial charge on any atom is 0.123 e. The smallest absolute Gasteiger partial charge is 0.123 e. The summed E-state index contributed by atoms with van der Waals surface area (Å²) in [5, 5.41) is 4.37. The zero-order chi connectivity index (χ0) is 9.68. The Hall–Kier alpha value is -0.900. The van der Waals surface area contributed by atoms with Crippen LogP contribution in [0.1, 0.15) is 5.56 Å². The molecule has 1 aromatic carbocycles. The lowest BCUT2D eigenvalue weighted by Gasteiger charge is -2.01. The van der Waals surface area contributed by atoms with E-state index >= 15 is 0 Å². The molecule has 0 radical (unpaired) electrons. The zero-order valence-electron chi connectivity index (χ0n) is 7.13. The van der Waals surface area contributed by atoms with E-state index in [1.54, 1.807) is 12.1 Å². The number of oxime groups is 1. The average Bonchev–Trinajstić information content (AvgIpc) is 2.16. The van der Waals surface area contributed by atoms with Crippen LogP contribution in [-0.4, -0.2) is 18.2 Å². The van der Waals surface area contributed by atoms with Crippen molar-refractivity contribution in [2.24, 2.45) is 5.16 Å². The molecule has 0 aliphatic carbocycles. The van der Waals surface area contributed by atoms with Crippen molar-refractivity contribution in [1.82, 2.24) is 0 Å². The zero-order valence-corrected chi connectivity index (χ0v) is 8.71. The highest BCUT2D eigenvalue weighted by atomic mass is 79.9. The van der Waals surface area contributed by atoms with Gasteiger partial charge in [0.1, 0.15) is 12.9 Å². The van der Waals surface area contributed by atoms with Crippen LogP contribution in [-0.2, 0) is 4.84 Å². The molecule has 0 fully saturated rings. The van der Waals surface area contributed by atoms with Gasteiger partial charge in [-0.2, -0.15) is 0 Å². The Balaban J connectivity index is 2.92. The summed E-state index contributed by atoms with van der Waals surface area (Å²) in [6.07, 6.45) is 0. The first-order valence-corrected chi connectivity index (χ1v) is 4.82. The first-order valence-electron chi connectivity index (χ1n) is 3.70. The summed E-state index contributed by atoms with van der Waals surface area (Å²) in [5.41, 5.74) is 1.59. The molecule has 4 heteroatoms. The van der Waals surface area contributed by atoms with Crippen molar-refractivity contribution < 1.29 is 9.23 Å². The van der Waals surface area contributed by atoms with E-state index in [0.29, 0.717) is 5.33 Å². The van der Waals surface area contributed by atoms with Crippen molar-refractivity contribution in [2.75, 3.05) is 12.4 Å². The van der Waals surface area contributed by atoms with Crippen LogP contribution in [0.3, 0.4) is 0 Å². The molecule has 0 aromatic heterocycles. The van der Waals surface area contributed by atoms with E-state index in [1.807, 2.05) is 0 Å². The Kier molecular flexibility index (Phi) is 3.89. The van der Waals surface area contributed by atoms with Crippen LogP contribution in [0, 0.1) is 5.82 Å². The first kappa shape index (κ1) is 10.2. The maximum atomic E-state index is 12.6. The third-order valence-corrected chi connectivity index (χ3v) is 2.04. The van der Waals surface area contributed by atoms with Crippen LogP contribution in [0.15, 0.2) is 29.4 Å². The summed E-state index contributed by atoms with van der Waals surface area (Å²) in [6, 6.07) is 6.11. The van der Waals surface area contributed by atoms with E-state index in [2.05, 4.69) is 25.9 Å². The second kappa shape index (κ2) is 4.97. The van der Waals surface area contributed by atoms with Gasteiger partial charge in [-0.15, -0.1) is 0 Å². The van der Waals surface area contributed by atoms with Gasteiger partial charge in [0.15, 0.2) is 0 Å². The molecule has 70 valence electrons. The highest BCUT2D eigenvalue weighted by Gasteiger charge is 2.02. The number of alkyl halides is 1. The lowest BCUT2D eigenvalue weighted by atomic mass is 10.1. The van der Waals surface area contributed by atoms with Crippen molar-refractivity contribution >= 4 is 21.6 Å². The van der Waals surface area contributed by atoms with Gasteiger partial charge in [-0.05, 0) is 12.1 Å². The van der Waals surface area contributed by atoms with Gasteiger partial charge in [-0.25, -0.2) is 4.39 Å². The van der Waals surface area contributed by atoms with Crippen LogP contribution in [0.2, 0.25) is 0 Å². The quantitative estimate of drug-likeness (QED) is 0.456. The van der Waals surface area contributed by atoms with E-state index in [1.165, 1.54) is 19.2 Å². The number of hydrogen-bond donors (Lipinski definition) is 0. The minimum absolute atomic E-state index is 0.255. The fraction of sp³-hybridized carbons (Fsp3) is 0.222. The number of nitrogens with zero attached hydrogens (tertiary/aromatic N) is 1. The lowest BCUT2D eigenvalue weighted by Crippen LogP contribution is -2.02.